The Balaban J connectivity index is 3.09. The zero-order chi connectivity index (χ0) is 10.8. The van der Waals surface area contributed by atoms with Crippen molar-refractivity contribution in [1.82, 2.24) is 10.3 Å². The second-order valence-electron chi connectivity index (χ2n) is 3.72. The maximum Gasteiger partial charge on any atom is 0.253 e. The Hall–Kier alpha value is -1.58. The van der Waals surface area contributed by atoms with Crippen LogP contribution in [0, 0.1) is 0 Å². The number of carbonyl (C=O) groups excluding carboxylic acids is 1. The van der Waals surface area contributed by atoms with Crippen molar-refractivity contribution in [2.45, 2.75) is 26.3 Å². The van der Waals surface area contributed by atoms with E-state index in [1.165, 1.54) is 6.92 Å². The Labute approximate surface area is 82.3 Å². The molecule has 0 aromatic carbocycles. The first-order chi connectivity index (χ1) is 6.43. The number of aromatic amines is 1. The fraction of sp³-hybridized carbons (Fsp3) is 0.400. The molecule has 1 rings (SSSR count). The predicted molar refractivity (Wildman–Crippen MR) is 53.9 cm³/mol. The van der Waals surface area contributed by atoms with E-state index in [9.17, 15) is 9.59 Å². The molecule has 76 valence electrons. The lowest BCUT2D eigenvalue weighted by Crippen LogP contribution is -2.43. The smallest absolute Gasteiger partial charge is 0.253 e. The lowest BCUT2D eigenvalue weighted by Gasteiger charge is -2.24. The molecule has 4 nitrogen and oxygen atoms in total. The average molecular weight is 194 g/mol. The second kappa shape index (κ2) is 3.65. The zero-order valence-electron chi connectivity index (χ0n) is 8.55. The highest BCUT2D eigenvalue weighted by molar-refractivity contribution is 5.73. The molecule has 0 radical (unpaired) electrons. The summed E-state index contributed by atoms with van der Waals surface area (Å²) in [4.78, 5) is 24.9. The summed E-state index contributed by atoms with van der Waals surface area (Å²) >= 11 is 0. The lowest BCUT2D eigenvalue weighted by molar-refractivity contribution is -0.120. The molecule has 0 fully saturated rings. The first-order valence-electron chi connectivity index (χ1n) is 4.40. The van der Waals surface area contributed by atoms with Crippen LogP contribution in [0.5, 0.6) is 0 Å². The first kappa shape index (κ1) is 10.5. The van der Waals surface area contributed by atoms with Crippen LogP contribution in [0.2, 0.25) is 0 Å². The summed E-state index contributed by atoms with van der Waals surface area (Å²) in [6.45, 7) is 5.01. The molecule has 4 heteroatoms. The number of hydrogen-bond acceptors (Lipinski definition) is 2. The van der Waals surface area contributed by atoms with Crippen LogP contribution in [0.1, 0.15) is 26.3 Å². The summed E-state index contributed by atoms with van der Waals surface area (Å²) in [5.41, 5.74) is -0.262. The topological polar surface area (TPSA) is 62.0 Å². The number of pyridine rings is 1. The highest BCUT2D eigenvalue weighted by Gasteiger charge is 2.23. The summed E-state index contributed by atoms with van der Waals surface area (Å²) in [7, 11) is 0. The molecular weight excluding hydrogens is 180 g/mol. The molecule has 1 amide bonds. The molecule has 1 heterocycles. The minimum absolute atomic E-state index is 0.154. The fourth-order valence-corrected chi connectivity index (χ4v) is 1.42. The van der Waals surface area contributed by atoms with E-state index in [-0.39, 0.29) is 11.5 Å². The molecule has 0 aliphatic carbocycles. The molecule has 0 saturated carbocycles. The fourth-order valence-electron chi connectivity index (χ4n) is 1.42. The van der Waals surface area contributed by atoms with Crippen molar-refractivity contribution in [2.75, 3.05) is 0 Å². The highest BCUT2D eigenvalue weighted by atomic mass is 16.1. The van der Waals surface area contributed by atoms with Crippen LogP contribution in [-0.4, -0.2) is 10.9 Å². The average Bonchev–Trinajstić information content (AvgIpc) is 2.02. The minimum Gasteiger partial charge on any atom is -0.347 e. The standard InChI is InChI=1S/C10H14N2O2/c1-7(13)12-10(2,3)8-5-4-6-11-9(8)14/h4-6H,1-3H3,(H,11,14)(H,12,13). The molecule has 2 N–H and O–H groups in total. The molecular formula is C10H14N2O2. The summed E-state index contributed by atoms with van der Waals surface area (Å²) < 4.78 is 0. The van der Waals surface area contributed by atoms with Crippen molar-refractivity contribution >= 4 is 5.91 Å². The number of aromatic nitrogens is 1. The van der Waals surface area contributed by atoms with Gasteiger partial charge in [0, 0.05) is 18.7 Å². The molecule has 0 saturated heterocycles. The Morgan fingerprint density at radius 1 is 1.50 bits per heavy atom. The van der Waals surface area contributed by atoms with E-state index >= 15 is 0 Å². The van der Waals surface area contributed by atoms with E-state index in [0.29, 0.717) is 5.56 Å². The molecule has 0 aliphatic heterocycles. The normalized spacial score (nSPS) is 11.1. The van der Waals surface area contributed by atoms with Gasteiger partial charge in [-0.1, -0.05) is 0 Å². The maximum atomic E-state index is 11.4. The van der Waals surface area contributed by atoms with E-state index < -0.39 is 5.54 Å². The number of hydrogen-bond donors (Lipinski definition) is 2. The van der Waals surface area contributed by atoms with Gasteiger partial charge in [0.1, 0.15) is 0 Å². The summed E-state index contributed by atoms with van der Waals surface area (Å²) in [6, 6.07) is 3.44. The molecule has 1 aromatic heterocycles. The summed E-state index contributed by atoms with van der Waals surface area (Å²) in [5.74, 6) is -0.154. The molecule has 1 aromatic rings. The van der Waals surface area contributed by atoms with E-state index in [1.807, 2.05) is 0 Å². The molecule has 0 unspecified atom stereocenters. The van der Waals surface area contributed by atoms with Crippen molar-refractivity contribution < 1.29 is 4.79 Å². The van der Waals surface area contributed by atoms with Gasteiger partial charge in [-0.15, -0.1) is 0 Å². The van der Waals surface area contributed by atoms with Gasteiger partial charge >= 0.3 is 0 Å². The Bertz CT molecular complexity index is 393. The van der Waals surface area contributed by atoms with Gasteiger partial charge < -0.3 is 10.3 Å². The third-order valence-electron chi connectivity index (χ3n) is 1.98. The van der Waals surface area contributed by atoms with Crippen LogP contribution in [0.3, 0.4) is 0 Å². The van der Waals surface area contributed by atoms with E-state index in [2.05, 4.69) is 10.3 Å². The Kier molecular flexibility index (Phi) is 2.74. The van der Waals surface area contributed by atoms with Crippen molar-refractivity contribution in [3.63, 3.8) is 0 Å². The van der Waals surface area contributed by atoms with Crippen molar-refractivity contribution in [1.29, 1.82) is 0 Å². The number of nitrogens with one attached hydrogen (secondary N) is 2. The predicted octanol–water partition coefficient (Wildman–Crippen LogP) is 0.746. The van der Waals surface area contributed by atoms with Gasteiger partial charge in [0.2, 0.25) is 5.91 Å². The van der Waals surface area contributed by atoms with Crippen LogP contribution >= 0.6 is 0 Å². The second-order valence-corrected chi connectivity index (χ2v) is 3.72. The van der Waals surface area contributed by atoms with Crippen LogP contribution < -0.4 is 10.9 Å². The molecule has 0 atom stereocenters. The van der Waals surface area contributed by atoms with Gasteiger partial charge in [-0.3, -0.25) is 9.59 Å². The van der Waals surface area contributed by atoms with Gasteiger partial charge in [-0.05, 0) is 26.0 Å². The molecule has 0 bridgehead atoms. The van der Waals surface area contributed by atoms with Crippen molar-refractivity contribution in [3.05, 3.63) is 34.2 Å². The zero-order valence-corrected chi connectivity index (χ0v) is 8.55. The van der Waals surface area contributed by atoms with Crippen LogP contribution in [0.25, 0.3) is 0 Å². The highest BCUT2D eigenvalue weighted by Crippen LogP contribution is 2.14. The number of H-pyrrole nitrogens is 1. The largest absolute Gasteiger partial charge is 0.347 e. The van der Waals surface area contributed by atoms with E-state index in [0.717, 1.165) is 0 Å². The van der Waals surface area contributed by atoms with Gasteiger partial charge in [0.05, 0.1) is 5.54 Å². The molecule has 14 heavy (non-hydrogen) atoms. The van der Waals surface area contributed by atoms with Gasteiger partial charge in [0.15, 0.2) is 0 Å². The Morgan fingerprint density at radius 3 is 2.64 bits per heavy atom. The van der Waals surface area contributed by atoms with Crippen LogP contribution in [0.15, 0.2) is 23.1 Å². The van der Waals surface area contributed by atoms with Crippen LogP contribution in [-0.2, 0) is 10.3 Å². The van der Waals surface area contributed by atoms with Crippen LogP contribution in [0.4, 0.5) is 0 Å². The number of carbonyl (C=O) groups is 1. The lowest BCUT2D eigenvalue weighted by atomic mass is 9.96. The van der Waals surface area contributed by atoms with E-state index in [1.54, 1.807) is 32.2 Å². The molecule has 0 spiro atoms. The molecule has 0 aliphatic rings. The first-order valence-corrected chi connectivity index (χ1v) is 4.40. The SMILES string of the molecule is CC(=O)NC(C)(C)c1ccc[nH]c1=O. The van der Waals surface area contributed by atoms with Gasteiger partial charge in [0.25, 0.3) is 5.56 Å². The number of amides is 1. The summed E-state index contributed by atoms with van der Waals surface area (Å²) in [5, 5.41) is 2.72. The Morgan fingerprint density at radius 2 is 2.14 bits per heavy atom. The monoisotopic (exact) mass is 194 g/mol. The van der Waals surface area contributed by atoms with E-state index in [4.69, 9.17) is 0 Å². The van der Waals surface area contributed by atoms with Gasteiger partial charge in [-0.2, -0.15) is 0 Å². The number of rotatable bonds is 2. The third-order valence-corrected chi connectivity index (χ3v) is 1.98. The maximum absolute atomic E-state index is 11.4. The van der Waals surface area contributed by atoms with Crippen molar-refractivity contribution in [3.8, 4) is 0 Å². The van der Waals surface area contributed by atoms with Gasteiger partial charge in [-0.25, -0.2) is 0 Å². The minimum atomic E-state index is -0.638. The third kappa shape index (κ3) is 2.22. The quantitative estimate of drug-likeness (QED) is 0.729. The van der Waals surface area contributed by atoms with Crippen molar-refractivity contribution in [2.24, 2.45) is 0 Å². The summed E-state index contributed by atoms with van der Waals surface area (Å²) in [6.07, 6.45) is 1.57.